The van der Waals surface area contributed by atoms with Gasteiger partial charge in [0.05, 0.1) is 18.3 Å². The molecule has 4 aromatic rings. The van der Waals surface area contributed by atoms with E-state index in [0.29, 0.717) is 11.3 Å². The Labute approximate surface area is 132 Å². The predicted molar refractivity (Wildman–Crippen MR) is 90.4 cm³/mol. The van der Waals surface area contributed by atoms with Crippen LogP contribution in [0.2, 0.25) is 0 Å². The number of para-hydroxylation sites is 1. The van der Waals surface area contributed by atoms with Crippen molar-refractivity contribution in [2.24, 2.45) is 0 Å². The molecule has 0 aliphatic carbocycles. The molecule has 2 heterocycles. The standard InChI is InChI=1S/C19H14N2O2/c1-23-19(22)16-17(12-7-3-2-4-8-12)20-11-14-13-9-5-6-10-15(13)21-18(14)16/h2-11,21H,1H3. The van der Waals surface area contributed by atoms with Crippen LogP contribution in [0.3, 0.4) is 0 Å². The third kappa shape index (κ3) is 2.07. The number of aromatic amines is 1. The van der Waals surface area contributed by atoms with Crippen LogP contribution in [0.25, 0.3) is 33.1 Å². The van der Waals surface area contributed by atoms with Gasteiger partial charge in [0.25, 0.3) is 0 Å². The molecule has 0 unspecified atom stereocenters. The van der Waals surface area contributed by atoms with Crippen molar-refractivity contribution in [1.82, 2.24) is 9.97 Å². The Morgan fingerprint density at radius 2 is 1.74 bits per heavy atom. The summed E-state index contributed by atoms with van der Waals surface area (Å²) in [6, 6.07) is 17.6. The van der Waals surface area contributed by atoms with Gasteiger partial charge in [-0.25, -0.2) is 4.79 Å². The van der Waals surface area contributed by atoms with Crippen molar-refractivity contribution >= 4 is 27.8 Å². The Kier molecular flexibility index (Phi) is 3.08. The second kappa shape index (κ2) is 5.25. The van der Waals surface area contributed by atoms with E-state index in [9.17, 15) is 4.79 Å². The number of H-pyrrole nitrogens is 1. The SMILES string of the molecule is COC(=O)c1c(-c2ccccc2)ncc2c1[nH]c1ccccc12. The lowest BCUT2D eigenvalue weighted by Crippen LogP contribution is -2.06. The number of ether oxygens (including phenoxy) is 1. The summed E-state index contributed by atoms with van der Waals surface area (Å²) in [4.78, 5) is 20.3. The summed E-state index contributed by atoms with van der Waals surface area (Å²) < 4.78 is 5.00. The average molecular weight is 302 g/mol. The molecule has 0 bridgehead atoms. The molecular formula is C19H14N2O2. The molecule has 0 saturated heterocycles. The first-order valence-corrected chi connectivity index (χ1v) is 7.33. The zero-order valence-corrected chi connectivity index (χ0v) is 12.5. The maximum absolute atomic E-state index is 12.4. The first-order chi connectivity index (χ1) is 11.3. The number of aromatic nitrogens is 2. The highest BCUT2D eigenvalue weighted by Gasteiger charge is 2.21. The van der Waals surface area contributed by atoms with Gasteiger partial charge in [0.15, 0.2) is 0 Å². The zero-order chi connectivity index (χ0) is 15.8. The first-order valence-electron chi connectivity index (χ1n) is 7.33. The monoisotopic (exact) mass is 302 g/mol. The Bertz CT molecular complexity index is 1020. The predicted octanol–water partition coefficient (Wildman–Crippen LogP) is 4.17. The van der Waals surface area contributed by atoms with Crippen LogP contribution in [0, 0.1) is 0 Å². The summed E-state index contributed by atoms with van der Waals surface area (Å²) in [5, 5.41) is 1.96. The molecule has 0 aliphatic rings. The Hall–Kier alpha value is -3.14. The van der Waals surface area contributed by atoms with Crippen molar-refractivity contribution in [3.8, 4) is 11.3 Å². The van der Waals surface area contributed by atoms with Gasteiger partial charge in [-0.05, 0) is 6.07 Å². The Morgan fingerprint density at radius 3 is 2.52 bits per heavy atom. The maximum atomic E-state index is 12.4. The van der Waals surface area contributed by atoms with Gasteiger partial charge in [-0.2, -0.15) is 0 Å². The molecule has 0 atom stereocenters. The van der Waals surface area contributed by atoms with E-state index < -0.39 is 5.97 Å². The normalized spacial score (nSPS) is 11.0. The molecule has 1 N–H and O–H groups in total. The second-order valence-corrected chi connectivity index (χ2v) is 5.30. The molecule has 0 saturated carbocycles. The minimum atomic E-state index is -0.395. The fourth-order valence-electron chi connectivity index (χ4n) is 2.92. The number of benzene rings is 2. The zero-order valence-electron chi connectivity index (χ0n) is 12.5. The van der Waals surface area contributed by atoms with Gasteiger partial charge in [-0.3, -0.25) is 4.98 Å². The molecule has 0 spiro atoms. The highest BCUT2D eigenvalue weighted by atomic mass is 16.5. The van der Waals surface area contributed by atoms with Gasteiger partial charge < -0.3 is 9.72 Å². The number of rotatable bonds is 2. The lowest BCUT2D eigenvalue weighted by atomic mass is 10.0. The molecule has 23 heavy (non-hydrogen) atoms. The highest BCUT2D eigenvalue weighted by molar-refractivity contribution is 6.16. The fourth-order valence-corrected chi connectivity index (χ4v) is 2.92. The van der Waals surface area contributed by atoms with E-state index in [-0.39, 0.29) is 0 Å². The minimum Gasteiger partial charge on any atom is -0.465 e. The van der Waals surface area contributed by atoms with Crippen LogP contribution in [0.4, 0.5) is 0 Å². The summed E-state index contributed by atoms with van der Waals surface area (Å²) in [6.07, 6.45) is 1.81. The van der Waals surface area contributed by atoms with Crippen LogP contribution >= 0.6 is 0 Å². The molecule has 4 nitrogen and oxygen atoms in total. The number of hydrogen-bond acceptors (Lipinski definition) is 3. The van der Waals surface area contributed by atoms with Gasteiger partial charge in [-0.1, -0.05) is 48.5 Å². The van der Waals surface area contributed by atoms with Crippen molar-refractivity contribution < 1.29 is 9.53 Å². The number of fused-ring (bicyclic) bond motifs is 3. The number of nitrogens with zero attached hydrogens (tertiary/aromatic N) is 1. The highest BCUT2D eigenvalue weighted by Crippen LogP contribution is 2.32. The number of methoxy groups -OCH3 is 1. The maximum Gasteiger partial charge on any atom is 0.342 e. The molecule has 2 aromatic carbocycles. The van der Waals surface area contributed by atoms with Crippen molar-refractivity contribution in [1.29, 1.82) is 0 Å². The summed E-state index contributed by atoms with van der Waals surface area (Å²) in [5.74, 6) is -0.395. The van der Waals surface area contributed by atoms with Gasteiger partial charge in [-0.15, -0.1) is 0 Å². The summed E-state index contributed by atoms with van der Waals surface area (Å²) in [6.45, 7) is 0. The van der Waals surface area contributed by atoms with E-state index in [2.05, 4.69) is 9.97 Å². The van der Waals surface area contributed by atoms with Crippen LogP contribution in [0.1, 0.15) is 10.4 Å². The molecule has 2 aromatic heterocycles. The second-order valence-electron chi connectivity index (χ2n) is 5.30. The number of carbonyl (C=O) groups is 1. The lowest BCUT2D eigenvalue weighted by Gasteiger charge is -2.08. The molecule has 0 radical (unpaired) electrons. The van der Waals surface area contributed by atoms with Gasteiger partial charge in [0.2, 0.25) is 0 Å². The van der Waals surface area contributed by atoms with E-state index in [1.165, 1.54) is 7.11 Å². The molecule has 0 aliphatic heterocycles. The van der Waals surface area contributed by atoms with Crippen molar-refractivity contribution in [3.63, 3.8) is 0 Å². The molecule has 4 rings (SSSR count). The lowest BCUT2D eigenvalue weighted by molar-refractivity contribution is 0.0603. The average Bonchev–Trinajstić information content (AvgIpc) is 2.99. The number of carbonyl (C=O) groups excluding carboxylic acids is 1. The quantitative estimate of drug-likeness (QED) is 0.565. The van der Waals surface area contributed by atoms with Crippen LogP contribution in [0.5, 0.6) is 0 Å². The summed E-state index contributed by atoms with van der Waals surface area (Å²) >= 11 is 0. The van der Waals surface area contributed by atoms with Crippen molar-refractivity contribution in [2.75, 3.05) is 7.11 Å². The van der Waals surface area contributed by atoms with E-state index in [4.69, 9.17) is 4.74 Å². The number of pyridine rings is 1. The molecular weight excluding hydrogens is 288 g/mol. The van der Waals surface area contributed by atoms with E-state index in [1.54, 1.807) is 0 Å². The largest absolute Gasteiger partial charge is 0.465 e. The van der Waals surface area contributed by atoms with Crippen LogP contribution in [0.15, 0.2) is 60.8 Å². The smallest absolute Gasteiger partial charge is 0.342 e. The minimum absolute atomic E-state index is 0.395. The van der Waals surface area contributed by atoms with Gasteiger partial charge in [0, 0.05) is 28.0 Å². The van der Waals surface area contributed by atoms with E-state index in [0.717, 1.165) is 27.4 Å². The molecule has 0 fully saturated rings. The topological polar surface area (TPSA) is 55.0 Å². The third-order valence-corrected chi connectivity index (χ3v) is 3.99. The number of esters is 1. The third-order valence-electron chi connectivity index (χ3n) is 3.99. The van der Waals surface area contributed by atoms with Crippen molar-refractivity contribution in [2.45, 2.75) is 0 Å². The summed E-state index contributed by atoms with van der Waals surface area (Å²) in [5.41, 5.74) is 3.70. The van der Waals surface area contributed by atoms with Gasteiger partial charge in [0.1, 0.15) is 5.56 Å². The van der Waals surface area contributed by atoms with Crippen molar-refractivity contribution in [3.05, 3.63) is 66.4 Å². The number of hydrogen-bond donors (Lipinski definition) is 1. The van der Waals surface area contributed by atoms with Crippen LogP contribution < -0.4 is 0 Å². The van der Waals surface area contributed by atoms with E-state index in [1.807, 2.05) is 60.8 Å². The van der Waals surface area contributed by atoms with E-state index >= 15 is 0 Å². The number of nitrogens with one attached hydrogen (secondary N) is 1. The first kappa shape index (κ1) is 13.5. The Morgan fingerprint density at radius 1 is 1.00 bits per heavy atom. The molecule has 4 heteroatoms. The van der Waals surface area contributed by atoms with Crippen LogP contribution in [-0.2, 0) is 4.74 Å². The molecule has 112 valence electrons. The van der Waals surface area contributed by atoms with Gasteiger partial charge >= 0.3 is 5.97 Å². The molecule has 0 amide bonds. The fraction of sp³-hybridized carbons (Fsp3) is 0.0526. The Balaban J connectivity index is 2.12. The summed E-state index contributed by atoms with van der Waals surface area (Å²) in [7, 11) is 1.39. The van der Waals surface area contributed by atoms with Crippen LogP contribution in [-0.4, -0.2) is 23.0 Å².